The van der Waals surface area contributed by atoms with Gasteiger partial charge in [0.25, 0.3) is 0 Å². The summed E-state index contributed by atoms with van der Waals surface area (Å²) >= 11 is 0. The van der Waals surface area contributed by atoms with E-state index in [4.69, 9.17) is 0 Å². The van der Waals surface area contributed by atoms with E-state index in [1.165, 1.54) is 12.0 Å². The molecule has 0 amide bonds. The van der Waals surface area contributed by atoms with Crippen LogP contribution in [0.5, 0.6) is 0 Å². The summed E-state index contributed by atoms with van der Waals surface area (Å²) in [5.74, 6) is 0.153. The molecule has 1 aliphatic rings. The van der Waals surface area contributed by atoms with Gasteiger partial charge >= 0.3 is 0 Å². The van der Waals surface area contributed by atoms with Crippen molar-refractivity contribution in [2.45, 2.75) is 38.6 Å². The van der Waals surface area contributed by atoms with Gasteiger partial charge in [0.15, 0.2) is 5.78 Å². The van der Waals surface area contributed by atoms with Crippen molar-refractivity contribution in [3.63, 3.8) is 0 Å². The number of carbonyl (C=O) groups excluding carboxylic acids is 1. The van der Waals surface area contributed by atoms with Crippen molar-refractivity contribution in [3.05, 3.63) is 35.4 Å². The fourth-order valence-electron chi connectivity index (χ4n) is 2.67. The van der Waals surface area contributed by atoms with Crippen LogP contribution < -0.4 is 0 Å². The summed E-state index contributed by atoms with van der Waals surface area (Å²) < 4.78 is 0. The van der Waals surface area contributed by atoms with Gasteiger partial charge in [0.05, 0.1) is 13.2 Å². The van der Waals surface area contributed by atoms with Crippen molar-refractivity contribution in [3.8, 4) is 0 Å². The number of aliphatic hydroxyl groups is 1. The molecule has 0 aromatic heterocycles. The first-order valence-corrected chi connectivity index (χ1v) is 7.15. The molecule has 1 saturated heterocycles. The van der Waals surface area contributed by atoms with E-state index >= 15 is 0 Å². The molecule has 3 nitrogen and oxygen atoms in total. The fraction of sp³-hybridized carbons (Fsp3) is 0.562. The van der Waals surface area contributed by atoms with Crippen LogP contribution in [0.4, 0.5) is 0 Å². The predicted octanol–water partition coefficient (Wildman–Crippen LogP) is 2.41. The predicted molar refractivity (Wildman–Crippen MR) is 76.4 cm³/mol. The number of aryl methyl sites for hydroxylation is 1. The Bertz CT molecular complexity index is 413. The third-order valence-electron chi connectivity index (χ3n) is 3.93. The van der Waals surface area contributed by atoms with E-state index in [1.807, 2.05) is 31.2 Å². The number of hydrogen-bond donors (Lipinski definition) is 1. The van der Waals surface area contributed by atoms with E-state index in [0.29, 0.717) is 6.54 Å². The van der Waals surface area contributed by atoms with Crippen LogP contribution in [0.3, 0.4) is 0 Å². The van der Waals surface area contributed by atoms with Crippen LogP contribution in [0.15, 0.2) is 24.3 Å². The van der Waals surface area contributed by atoms with Gasteiger partial charge in [0.2, 0.25) is 0 Å². The summed E-state index contributed by atoms with van der Waals surface area (Å²) in [6.45, 7) is 3.52. The van der Waals surface area contributed by atoms with Gasteiger partial charge in [-0.3, -0.25) is 9.69 Å². The SMILES string of the molecule is Cc1ccc(C(=O)CN2CCCCCC2CO)cc1. The number of likely N-dealkylation sites (tertiary alicyclic amines) is 1. The number of nitrogens with zero attached hydrogens (tertiary/aromatic N) is 1. The molecule has 1 aromatic carbocycles. The lowest BCUT2D eigenvalue weighted by molar-refractivity contribution is 0.0826. The van der Waals surface area contributed by atoms with Crippen LogP contribution in [-0.4, -0.2) is 41.5 Å². The molecule has 104 valence electrons. The first-order valence-electron chi connectivity index (χ1n) is 7.15. The zero-order valence-corrected chi connectivity index (χ0v) is 11.6. The van der Waals surface area contributed by atoms with Gasteiger partial charge < -0.3 is 5.11 Å². The van der Waals surface area contributed by atoms with E-state index in [2.05, 4.69) is 4.90 Å². The van der Waals surface area contributed by atoms with Gasteiger partial charge in [-0.2, -0.15) is 0 Å². The molecular formula is C16H23NO2. The Labute approximate surface area is 115 Å². The van der Waals surface area contributed by atoms with Crippen molar-refractivity contribution in [1.82, 2.24) is 4.90 Å². The van der Waals surface area contributed by atoms with Crippen LogP contribution >= 0.6 is 0 Å². The number of Topliss-reactive ketones (excluding diaryl/α,β-unsaturated/α-hetero) is 1. The van der Waals surface area contributed by atoms with Crippen LogP contribution in [-0.2, 0) is 0 Å². The standard InChI is InChI=1S/C16H23NO2/c1-13-6-8-14(9-7-13)16(19)11-17-10-4-2-3-5-15(17)12-18/h6-9,15,18H,2-5,10-12H2,1H3. The Hall–Kier alpha value is -1.19. The van der Waals surface area contributed by atoms with E-state index < -0.39 is 0 Å². The molecule has 0 saturated carbocycles. The average molecular weight is 261 g/mol. The zero-order valence-electron chi connectivity index (χ0n) is 11.6. The Balaban J connectivity index is 2.01. The molecule has 1 aromatic rings. The topological polar surface area (TPSA) is 40.5 Å². The van der Waals surface area contributed by atoms with E-state index in [9.17, 15) is 9.90 Å². The average Bonchev–Trinajstić information content (AvgIpc) is 2.64. The van der Waals surface area contributed by atoms with Crippen molar-refractivity contribution in [1.29, 1.82) is 0 Å². The number of aliphatic hydroxyl groups excluding tert-OH is 1. The molecule has 0 radical (unpaired) electrons. The molecule has 19 heavy (non-hydrogen) atoms. The van der Waals surface area contributed by atoms with E-state index in [1.54, 1.807) is 0 Å². The number of ketones is 1. The first-order chi connectivity index (χ1) is 9.20. The van der Waals surface area contributed by atoms with Crippen molar-refractivity contribution in [2.75, 3.05) is 19.7 Å². The van der Waals surface area contributed by atoms with Crippen molar-refractivity contribution >= 4 is 5.78 Å². The number of carbonyl (C=O) groups is 1. The molecule has 1 atom stereocenters. The summed E-state index contributed by atoms with van der Waals surface area (Å²) in [6.07, 6.45) is 4.47. The lowest BCUT2D eigenvalue weighted by Crippen LogP contribution is -2.40. The Morgan fingerprint density at radius 2 is 2.00 bits per heavy atom. The maximum absolute atomic E-state index is 12.3. The highest BCUT2D eigenvalue weighted by atomic mass is 16.3. The molecule has 1 heterocycles. The monoisotopic (exact) mass is 261 g/mol. The van der Waals surface area contributed by atoms with Crippen molar-refractivity contribution < 1.29 is 9.90 Å². The van der Waals surface area contributed by atoms with Crippen LogP contribution in [0.2, 0.25) is 0 Å². The lowest BCUT2D eigenvalue weighted by atomic mass is 10.1. The second-order valence-electron chi connectivity index (χ2n) is 5.45. The Kier molecular flexibility index (Phi) is 5.11. The van der Waals surface area contributed by atoms with Gasteiger partial charge in [0, 0.05) is 11.6 Å². The highest BCUT2D eigenvalue weighted by Crippen LogP contribution is 2.17. The first kappa shape index (κ1) is 14.2. The number of rotatable bonds is 4. The van der Waals surface area contributed by atoms with Gasteiger partial charge in [-0.05, 0) is 26.3 Å². The maximum Gasteiger partial charge on any atom is 0.176 e. The largest absolute Gasteiger partial charge is 0.395 e. The van der Waals surface area contributed by atoms with E-state index in [-0.39, 0.29) is 18.4 Å². The minimum atomic E-state index is 0.150. The van der Waals surface area contributed by atoms with Crippen molar-refractivity contribution in [2.24, 2.45) is 0 Å². The van der Waals surface area contributed by atoms with Crippen LogP contribution in [0.25, 0.3) is 0 Å². The normalized spacial score (nSPS) is 21.1. The quantitative estimate of drug-likeness (QED) is 0.846. The number of benzene rings is 1. The fourth-order valence-corrected chi connectivity index (χ4v) is 2.67. The van der Waals surface area contributed by atoms with Crippen LogP contribution in [0.1, 0.15) is 41.6 Å². The molecular weight excluding hydrogens is 238 g/mol. The number of hydrogen-bond acceptors (Lipinski definition) is 3. The highest BCUT2D eigenvalue weighted by molar-refractivity contribution is 5.97. The maximum atomic E-state index is 12.3. The van der Waals surface area contributed by atoms with Gasteiger partial charge in [0.1, 0.15) is 0 Å². The van der Waals surface area contributed by atoms with Crippen LogP contribution in [0, 0.1) is 6.92 Å². The third-order valence-corrected chi connectivity index (χ3v) is 3.93. The lowest BCUT2D eigenvalue weighted by Gasteiger charge is -2.27. The summed E-state index contributed by atoms with van der Waals surface area (Å²) in [4.78, 5) is 14.4. The molecule has 0 spiro atoms. The van der Waals surface area contributed by atoms with Gasteiger partial charge in [-0.1, -0.05) is 42.7 Å². The van der Waals surface area contributed by atoms with E-state index in [0.717, 1.165) is 31.4 Å². The third kappa shape index (κ3) is 3.88. The van der Waals surface area contributed by atoms with Gasteiger partial charge in [-0.25, -0.2) is 0 Å². The summed E-state index contributed by atoms with van der Waals surface area (Å²) in [5, 5.41) is 9.45. The molecule has 1 N–H and O–H groups in total. The summed E-state index contributed by atoms with van der Waals surface area (Å²) in [6, 6.07) is 7.88. The minimum absolute atomic E-state index is 0.150. The molecule has 1 aliphatic heterocycles. The highest BCUT2D eigenvalue weighted by Gasteiger charge is 2.22. The zero-order chi connectivity index (χ0) is 13.7. The second-order valence-corrected chi connectivity index (χ2v) is 5.45. The smallest absolute Gasteiger partial charge is 0.176 e. The molecule has 1 unspecified atom stereocenters. The molecule has 2 rings (SSSR count). The van der Waals surface area contributed by atoms with Gasteiger partial charge in [-0.15, -0.1) is 0 Å². The molecule has 3 heteroatoms. The molecule has 0 aliphatic carbocycles. The summed E-state index contributed by atoms with van der Waals surface area (Å²) in [7, 11) is 0. The minimum Gasteiger partial charge on any atom is -0.395 e. The second kappa shape index (κ2) is 6.83. The Morgan fingerprint density at radius 3 is 2.68 bits per heavy atom. The molecule has 1 fully saturated rings. The molecule has 0 bridgehead atoms. The Morgan fingerprint density at radius 1 is 1.26 bits per heavy atom. The summed E-state index contributed by atoms with van der Waals surface area (Å²) in [5.41, 5.74) is 1.94.